The molecule has 17 heavy (non-hydrogen) atoms. The first-order valence-electron chi connectivity index (χ1n) is 5.36. The average molecular weight is 235 g/mol. The molecular formula is C13H17NO3. The molecule has 0 saturated heterocycles. The number of rotatable bonds is 7. The third-order valence-corrected chi connectivity index (χ3v) is 2.12. The van der Waals surface area contributed by atoms with Gasteiger partial charge >= 0.3 is 5.97 Å². The van der Waals surface area contributed by atoms with E-state index in [0.717, 1.165) is 11.3 Å². The fourth-order valence-electron chi connectivity index (χ4n) is 1.21. The molecule has 0 aliphatic carbocycles. The van der Waals surface area contributed by atoms with Crippen LogP contribution in [0.25, 0.3) is 0 Å². The Kier molecular flexibility index (Phi) is 5.82. The summed E-state index contributed by atoms with van der Waals surface area (Å²) >= 11 is 0. The highest BCUT2D eigenvalue weighted by atomic mass is 16.5. The Hall–Kier alpha value is -1.81. The van der Waals surface area contributed by atoms with Crippen LogP contribution in [-0.2, 0) is 16.1 Å². The molecule has 1 aromatic rings. The van der Waals surface area contributed by atoms with Crippen molar-refractivity contribution >= 4 is 5.97 Å². The van der Waals surface area contributed by atoms with Crippen LogP contribution in [0.3, 0.4) is 0 Å². The molecule has 0 amide bonds. The van der Waals surface area contributed by atoms with E-state index in [9.17, 15) is 4.79 Å². The fraction of sp³-hybridized carbons (Fsp3) is 0.308. The minimum Gasteiger partial charge on any atom is -0.497 e. The number of carbonyl (C=O) groups is 1. The molecule has 0 aromatic heterocycles. The zero-order valence-corrected chi connectivity index (χ0v) is 9.94. The maximum Gasteiger partial charge on any atom is 0.320 e. The first kappa shape index (κ1) is 13.3. The van der Waals surface area contributed by atoms with Crippen molar-refractivity contribution < 1.29 is 14.3 Å². The molecule has 0 spiro atoms. The molecular weight excluding hydrogens is 218 g/mol. The lowest BCUT2D eigenvalue weighted by molar-refractivity contribution is -0.143. The molecule has 0 aliphatic heterocycles. The van der Waals surface area contributed by atoms with Gasteiger partial charge in [0.2, 0.25) is 0 Å². The Bertz CT molecular complexity index is 359. The summed E-state index contributed by atoms with van der Waals surface area (Å²) in [5, 5.41) is 2.88. The first-order valence-corrected chi connectivity index (χ1v) is 5.36. The number of carbonyl (C=O) groups excluding carboxylic acids is 1. The summed E-state index contributed by atoms with van der Waals surface area (Å²) in [6, 6.07) is 7.39. The molecule has 0 radical (unpaired) electrons. The second-order valence-corrected chi connectivity index (χ2v) is 3.43. The maximum absolute atomic E-state index is 11.3. The van der Waals surface area contributed by atoms with Crippen molar-refractivity contribution in [1.29, 1.82) is 0 Å². The quantitative estimate of drug-likeness (QED) is 0.442. The van der Waals surface area contributed by atoms with Crippen LogP contribution in [0.5, 0.6) is 5.75 Å². The number of esters is 1. The molecule has 1 rings (SSSR count). The first-order chi connectivity index (χ1) is 8.26. The number of benzene rings is 1. The second kappa shape index (κ2) is 7.46. The third kappa shape index (κ3) is 5.17. The molecule has 0 heterocycles. The van der Waals surface area contributed by atoms with Gasteiger partial charge in [-0.2, -0.15) is 0 Å². The van der Waals surface area contributed by atoms with Crippen molar-refractivity contribution in [2.75, 3.05) is 20.2 Å². The summed E-state index contributed by atoms with van der Waals surface area (Å²) in [5.74, 6) is 0.510. The van der Waals surface area contributed by atoms with Crippen molar-refractivity contribution in [3.8, 4) is 5.75 Å². The van der Waals surface area contributed by atoms with E-state index in [2.05, 4.69) is 11.9 Å². The van der Waals surface area contributed by atoms with Gasteiger partial charge < -0.3 is 14.8 Å². The Labute approximate surface area is 101 Å². The maximum atomic E-state index is 11.3. The molecule has 92 valence electrons. The van der Waals surface area contributed by atoms with Crippen LogP contribution in [-0.4, -0.2) is 26.2 Å². The van der Waals surface area contributed by atoms with Gasteiger partial charge in [0.15, 0.2) is 0 Å². The number of methoxy groups -OCH3 is 1. The summed E-state index contributed by atoms with van der Waals surface area (Å²) in [6.07, 6.45) is 1.69. The highest BCUT2D eigenvalue weighted by Gasteiger charge is 2.02. The number of ether oxygens (including phenoxy) is 2. The highest BCUT2D eigenvalue weighted by molar-refractivity contribution is 5.71. The lowest BCUT2D eigenvalue weighted by Crippen LogP contribution is -2.24. The van der Waals surface area contributed by atoms with Gasteiger partial charge in [-0.15, -0.1) is 6.58 Å². The molecule has 1 N–H and O–H groups in total. The minimum absolute atomic E-state index is 0.197. The summed E-state index contributed by atoms with van der Waals surface area (Å²) in [5.41, 5.74) is 0.933. The van der Waals surface area contributed by atoms with E-state index in [1.807, 2.05) is 24.3 Å². The van der Waals surface area contributed by atoms with Crippen LogP contribution in [0.15, 0.2) is 36.9 Å². The number of hydrogen-bond donors (Lipinski definition) is 1. The van der Waals surface area contributed by atoms with Crippen LogP contribution in [0.4, 0.5) is 0 Å². The van der Waals surface area contributed by atoms with Crippen molar-refractivity contribution in [2.24, 2.45) is 0 Å². The molecule has 4 heteroatoms. The lowest BCUT2D eigenvalue weighted by atomic mass is 10.2. The van der Waals surface area contributed by atoms with E-state index in [0.29, 0.717) is 6.54 Å². The minimum atomic E-state index is -0.275. The van der Waals surface area contributed by atoms with Crippen molar-refractivity contribution in [3.05, 3.63) is 42.5 Å². The summed E-state index contributed by atoms with van der Waals surface area (Å²) < 4.78 is 10.1. The Balaban J connectivity index is 2.29. The standard InChI is InChI=1S/C13H17NO3/c1-3-8-14-9-13(15)17-10-11-4-6-12(16-2)7-5-11/h3-7,14H,1,8-10H2,2H3. The van der Waals surface area contributed by atoms with E-state index in [-0.39, 0.29) is 19.1 Å². The molecule has 0 bridgehead atoms. The second-order valence-electron chi connectivity index (χ2n) is 3.43. The topological polar surface area (TPSA) is 47.6 Å². The van der Waals surface area contributed by atoms with Crippen LogP contribution < -0.4 is 10.1 Å². The monoisotopic (exact) mass is 235 g/mol. The fourth-order valence-corrected chi connectivity index (χ4v) is 1.21. The van der Waals surface area contributed by atoms with Gasteiger partial charge in [-0.1, -0.05) is 18.2 Å². The van der Waals surface area contributed by atoms with E-state index < -0.39 is 0 Å². The molecule has 4 nitrogen and oxygen atoms in total. The Morgan fingerprint density at radius 2 is 2.12 bits per heavy atom. The highest BCUT2D eigenvalue weighted by Crippen LogP contribution is 2.11. The van der Waals surface area contributed by atoms with E-state index in [1.165, 1.54) is 0 Å². The number of nitrogens with one attached hydrogen (secondary N) is 1. The predicted octanol–water partition coefficient (Wildman–Crippen LogP) is 1.51. The van der Waals surface area contributed by atoms with Crippen LogP contribution in [0.2, 0.25) is 0 Å². The number of hydrogen-bond acceptors (Lipinski definition) is 4. The van der Waals surface area contributed by atoms with Crippen LogP contribution in [0.1, 0.15) is 5.56 Å². The van der Waals surface area contributed by atoms with E-state index in [4.69, 9.17) is 9.47 Å². The van der Waals surface area contributed by atoms with Crippen LogP contribution >= 0.6 is 0 Å². The van der Waals surface area contributed by atoms with Gasteiger partial charge in [0.05, 0.1) is 13.7 Å². The zero-order valence-electron chi connectivity index (χ0n) is 9.94. The van der Waals surface area contributed by atoms with Gasteiger partial charge in [-0.05, 0) is 17.7 Å². The molecule has 0 aliphatic rings. The predicted molar refractivity (Wildman–Crippen MR) is 65.9 cm³/mol. The van der Waals surface area contributed by atoms with Gasteiger partial charge in [-0.25, -0.2) is 0 Å². The molecule has 0 atom stereocenters. The lowest BCUT2D eigenvalue weighted by Gasteiger charge is -2.06. The largest absolute Gasteiger partial charge is 0.497 e. The SMILES string of the molecule is C=CCNCC(=O)OCc1ccc(OC)cc1. The normalized spacial score (nSPS) is 9.71. The third-order valence-electron chi connectivity index (χ3n) is 2.12. The van der Waals surface area contributed by atoms with Gasteiger partial charge in [0.1, 0.15) is 12.4 Å². The smallest absolute Gasteiger partial charge is 0.320 e. The molecule has 0 unspecified atom stereocenters. The van der Waals surface area contributed by atoms with E-state index in [1.54, 1.807) is 13.2 Å². The summed E-state index contributed by atoms with van der Waals surface area (Å²) in [7, 11) is 1.61. The molecule has 0 fully saturated rings. The van der Waals surface area contributed by atoms with Gasteiger partial charge in [-0.3, -0.25) is 4.79 Å². The van der Waals surface area contributed by atoms with E-state index >= 15 is 0 Å². The average Bonchev–Trinajstić information content (AvgIpc) is 2.37. The zero-order chi connectivity index (χ0) is 12.5. The summed E-state index contributed by atoms with van der Waals surface area (Å²) in [4.78, 5) is 11.3. The molecule has 0 saturated carbocycles. The Morgan fingerprint density at radius 1 is 1.41 bits per heavy atom. The van der Waals surface area contributed by atoms with Gasteiger partial charge in [0.25, 0.3) is 0 Å². The Morgan fingerprint density at radius 3 is 2.71 bits per heavy atom. The van der Waals surface area contributed by atoms with Crippen molar-refractivity contribution in [2.45, 2.75) is 6.61 Å². The van der Waals surface area contributed by atoms with Crippen LogP contribution in [0, 0.1) is 0 Å². The van der Waals surface area contributed by atoms with Crippen molar-refractivity contribution in [3.63, 3.8) is 0 Å². The van der Waals surface area contributed by atoms with Crippen molar-refractivity contribution in [1.82, 2.24) is 5.32 Å². The molecule has 1 aromatic carbocycles. The van der Waals surface area contributed by atoms with Gasteiger partial charge in [0, 0.05) is 6.54 Å². The summed E-state index contributed by atoms with van der Waals surface area (Å²) in [6.45, 7) is 4.61.